The van der Waals surface area contributed by atoms with Gasteiger partial charge in [-0.15, -0.1) is 0 Å². The average molecular weight is 276 g/mol. The van der Waals surface area contributed by atoms with E-state index in [9.17, 15) is 9.59 Å². The van der Waals surface area contributed by atoms with Crippen LogP contribution in [0.15, 0.2) is 12.4 Å². The van der Waals surface area contributed by atoms with Crippen molar-refractivity contribution in [2.45, 2.75) is 44.8 Å². The van der Waals surface area contributed by atoms with Crippen molar-refractivity contribution in [1.82, 2.24) is 20.0 Å². The Morgan fingerprint density at radius 3 is 2.70 bits per heavy atom. The molecule has 108 valence electrons. The molecule has 2 amide bonds. The zero-order valence-corrected chi connectivity index (χ0v) is 11.9. The number of hydrogen-bond acceptors (Lipinski definition) is 3. The molecular weight excluding hydrogens is 256 g/mol. The number of amides is 2. The Balaban J connectivity index is 1.85. The smallest absolute Gasteiger partial charge is 0.246 e. The third-order valence-corrected chi connectivity index (χ3v) is 4.09. The second kappa shape index (κ2) is 4.92. The molecule has 6 heteroatoms. The van der Waals surface area contributed by atoms with Gasteiger partial charge in [0.05, 0.1) is 6.20 Å². The monoisotopic (exact) mass is 276 g/mol. The lowest BCUT2D eigenvalue weighted by Gasteiger charge is -2.38. The molecule has 0 spiro atoms. The van der Waals surface area contributed by atoms with Gasteiger partial charge in [0, 0.05) is 25.4 Å². The van der Waals surface area contributed by atoms with Gasteiger partial charge in [0.2, 0.25) is 11.8 Å². The molecule has 0 radical (unpaired) electrons. The van der Waals surface area contributed by atoms with Crippen LogP contribution in [0, 0.1) is 5.92 Å². The minimum atomic E-state index is -0.380. The highest BCUT2D eigenvalue weighted by atomic mass is 16.2. The lowest BCUT2D eigenvalue weighted by Crippen LogP contribution is -2.63. The Morgan fingerprint density at radius 1 is 1.40 bits per heavy atom. The molecule has 1 saturated heterocycles. The summed E-state index contributed by atoms with van der Waals surface area (Å²) in [5.41, 5.74) is 0.969. The number of nitrogens with one attached hydrogen (secondary N) is 1. The Kier molecular flexibility index (Phi) is 3.23. The van der Waals surface area contributed by atoms with E-state index in [-0.39, 0.29) is 23.9 Å². The van der Waals surface area contributed by atoms with Crippen LogP contribution in [-0.2, 0) is 23.2 Å². The molecule has 20 heavy (non-hydrogen) atoms. The van der Waals surface area contributed by atoms with E-state index in [0.29, 0.717) is 18.9 Å². The first-order chi connectivity index (χ1) is 9.60. The summed E-state index contributed by atoms with van der Waals surface area (Å²) in [7, 11) is 1.85. The molecule has 2 unspecified atom stereocenters. The first-order valence-electron chi connectivity index (χ1n) is 7.18. The van der Waals surface area contributed by atoms with Crippen LogP contribution in [-0.4, -0.2) is 38.6 Å². The zero-order chi connectivity index (χ0) is 14.3. The summed E-state index contributed by atoms with van der Waals surface area (Å²) in [4.78, 5) is 26.6. The van der Waals surface area contributed by atoms with E-state index >= 15 is 0 Å². The molecule has 1 aliphatic carbocycles. The van der Waals surface area contributed by atoms with E-state index in [0.717, 1.165) is 18.4 Å². The lowest BCUT2D eigenvalue weighted by molar-refractivity contribution is -0.151. The van der Waals surface area contributed by atoms with Crippen molar-refractivity contribution < 1.29 is 9.59 Å². The molecule has 2 atom stereocenters. The number of piperazine rings is 1. The summed E-state index contributed by atoms with van der Waals surface area (Å²) >= 11 is 0. The van der Waals surface area contributed by atoms with E-state index in [4.69, 9.17) is 0 Å². The number of hydrogen-bond donors (Lipinski definition) is 1. The number of aromatic nitrogens is 2. The highest BCUT2D eigenvalue weighted by Gasteiger charge is 2.47. The molecule has 1 N–H and O–H groups in total. The highest BCUT2D eigenvalue weighted by Crippen LogP contribution is 2.37. The molecule has 2 heterocycles. The van der Waals surface area contributed by atoms with Crippen molar-refractivity contribution in [3.63, 3.8) is 0 Å². The van der Waals surface area contributed by atoms with Crippen LogP contribution in [0.3, 0.4) is 0 Å². The van der Waals surface area contributed by atoms with Crippen molar-refractivity contribution in [2.24, 2.45) is 13.0 Å². The minimum Gasteiger partial charge on any atom is -0.343 e. The van der Waals surface area contributed by atoms with Crippen LogP contribution in [0.2, 0.25) is 0 Å². The SMILES string of the molecule is CCC1NC(=O)C(C2CC2)N(Cc2cnn(C)c2)C1=O. The molecular formula is C14H20N4O2. The summed E-state index contributed by atoms with van der Waals surface area (Å²) in [5.74, 6) is 0.365. The van der Waals surface area contributed by atoms with Crippen LogP contribution in [0.4, 0.5) is 0 Å². The van der Waals surface area contributed by atoms with Gasteiger partial charge in [-0.2, -0.15) is 5.10 Å². The zero-order valence-electron chi connectivity index (χ0n) is 11.9. The van der Waals surface area contributed by atoms with Crippen molar-refractivity contribution in [3.8, 4) is 0 Å². The van der Waals surface area contributed by atoms with Gasteiger partial charge in [-0.05, 0) is 25.2 Å². The van der Waals surface area contributed by atoms with Gasteiger partial charge in [-0.1, -0.05) is 6.92 Å². The van der Waals surface area contributed by atoms with Gasteiger partial charge in [0.25, 0.3) is 0 Å². The highest BCUT2D eigenvalue weighted by molar-refractivity contribution is 5.97. The Bertz CT molecular complexity index is 535. The van der Waals surface area contributed by atoms with Crippen molar-refractivity contribution >= 4 is 11.8 Å². The Labute approximate surface area is 118 Å². The largest absolute Gasteiger partial charge is 0.343 e. The normalized spacial score (nSPS) is 26.8. The van der Waals surface area contributed by atoms with Gasteiger partial charge < -0.3 is 10.2 Å². The van der Waals surface area contributed by atoms with Crippen LogP contribution < -0.4 is 5.32 Å². The van der Waals surface area contributed by atoms with Gasteiger partial charge in [-0.3, -0.25) is 14.3 Å². The molecule has 1 aromatic heterocycles. The number of nitrogens with zero attached hydrogens (tertiary/aromatic N) is 3. The maximum atomic E-state index is 12.5. The topological polar surface area (TPSA) is 67.2 Å². The lowest BCUT2D eigenvalue weighted by atomic mass is 10.0. The minimum absolute atomic E-state index is 0.00263. The number of carbonyl (C=O) groups excluding carboxylic acids is 2. The Morgan fingerprint density at radius 2 is 2.15 bits per heavy atom. The molecule has 6 nitrogen and oxygen atoms in total. The van der Waals surface area contributed by atoms with Gasteiger partial charge in [-0.25, -0.2) is 0 Å². The second-order valence-electron chi connectivity index (χ2n) is 5.74. The fourth-order valence-corrected chi connectivity index (χ4v) is 2.88. The molecule has 0 aromatic carbocycles. The molecule has 2 aliphatic rings. The summed E-state index contributed by atoms with van der Waals surface area (Å²) in [6.45, 7) is 2.39. The van der Waals surface area contributed by atoms with Crippen LogP contribution in [0.1, 0.15) is 31.7 Å². The van der Waals surface area contributed by atoms with Gasteiger partial charge in [0.15, 0.2) is 0 Å². The van der Waals surface area contributed by atoms with E-state index in [2.05, 4.69) is 10.4 Å². The predicted octanol–water partition coefficient (Wildman–Crippen LogP) is 0.436. The maximum Gasteiger partial charge on any atom is 0.246 e. The second-order valence-corrected chi connectivity index (χ2v) is 5.74. The van der Waals surface area contributed by atoms with Crippen LogP contribution >= 0.6 is 0 Å². The van der Waals surface area contributed by atoms with Gasteiger partial charge in [0.1, 0.15) is 12.1 Å². The molecule has 1 aromatic rings. The third kappa shape index (κ3) is 2.30. The average Bonchev–Trinajstić information content (AvgIpc) is 3.16. The summed E-state index contributed by atoms with van der Waals surface area (Å²) in [5, 5.41) is 6.99. The summed E-state index contributed by atoms with van der Waals surface area (Å²) in [6, 6.07) is -0.681. The number of rotatable bonds is 4. The quantitative estimate of drug-likeness (QED) is 0.867. The Hall–Kier alpha value is -1.85. The molecule has 2 fully saturated rings. The maximum absolute atomic E-state index is 12.5. The first kappa shape index (κ1) is 13.1. The molecule has 0 bridgehead atoms. The molecule has 1 saturated carbocycles. The van der Waals surface area contributed by atoms with E-state index in [1.807, 2.05) is 20.2 Å². The number of carbonyl (C=O) groups is 2. The van der Waals surface area contributed by atoms with Crippen molar-refractivity contribution in [3.05, 3.63) is 18.0 Å². The standard InChI is InChI=1S/C14H20N4O2/c1-3-11-14(20)18(8-9-6-15-17(2)7-9)12(10-4-5-10)13(19)16-11/h6-7,10-12H,3-5,8H2,1-2H3,(H,16,19). The van der Waals surface area contributed by atoms with Crippen LogP contribution in [0.25, 0.3) is 0 Å². The third-order valence-electron chi connectivity index (χ3n) is 4.09. The van der Waals surface area contributed by atoms with Gasteiger partial charge >= 0.3 is 0 Å². The number of aryl methyl sites for hydroxylation is 1. The summed E-state index contributed by atoms with van der Waals surface area (Å²) < 4.78 is 1.72. The molecule has 3 rings (SSSR count). The van der Waals surface area contributed by atoms with E-state index in [1.54, 1.807) is 15.8 Å². The molecule has 1 aliphatic heterocycles. The first-order valence-corrected chi connectivity index (χ1v) is 7.18. The van der Waals surface area contributed by atoms with E-state index < -0.39 is 0 Å². The van der Waals surface area contributed by atoms with Crippen molar-refractivity contribution in [1.29, 1.82) is 0 Å². The summed E-state index contributed by atoms with van der Waals surface area (Å²) in [6.07, 6.45) is 6.35. The van der Waals surface area contributed by atoms with Crippen molar-refractivity contribution in [2.75, 3.05) is 0 Å². The predicted molar refractivity (Wildman–Crippen MR) is 72.5 cm³/mol. The fraction of sp³-hybridized carbons (Fsp3) is 0.643. The van der Waals surface area contributed by atoms with E-state index in [1.165, 1.54) is 0 Å². The van der Waals surface area contributed by atoms with Crippen LogP contribution in [0.5, 0.6) is 0 Å². The fourth-order valence-electron chi connectivity index (χ4n) is 2.88.